The summed E-state index contributed by atoms with van der Waals surface area (Å²) in [5.41, 5.74) is 1.47. The number of nitrogens with zero attached hydrogens (tertiary/aromatic N) is 4. The highest BCUT2D eigenvalue weighted by Crippen LogP contribution is 2.31. The van der Waals surface area contributed by atoms with E-state index in [1.165, 1.54) is 22.3 Å². The Morgan fingerprint density at radius 2 is 2.31 bits per heavy atom. The van der Waals surface area contributed by atoms with E-state index in [1.807, 2.05) is 16.1 Å². The van der Waals surface area contributed by atoms with Gasteiger partial charge < -0.3 is 19.7 Å². The Balaban J connectivity index is 1.48. The zero-order chi connectivity index (χ0) is 20.4. The predicted octanol–water partition coefficient (Wildman–Crippen LogP) is 2.79. The van der Waals surface area contributed by atoms with Gasteiger partial charge in [0, 0.05) is 23.3 Å². The van der Waals surface area contributed by atoms with Crippen LogP contribution in [0.2, 0.25) is 0 Å². The molecule has 0 bridgehead atoms. The molecule has 2 amide bonds. The first-order valence-electron chi connectivity index (χ1n) is 8.64. The van der Waals surface area contributed by atoms with Crippen LogP contribution in [-0.4, -0.2) is 51.0 Å². The summed E-state index contributed by atoms with van der Waals surface area (Å²) in [5.74, 6) is -0.508. The van der Waals surface area contributed by atoms with Crippen LogP contribution in [0.5, 0.6) is 0 Å². The zero-order valence-electron chi connectivity index (χ0n) is 15.0. The number of hydrogen-bond acceptors (Lipinski definition) is 6. The Kier molecular flexibility index (Phi) is 5.12. The van der Waals surface area contributed by atoms with Crippen LogP contribution in [0.4, 0.5) is 19.7 Å². The Morgan fingerprint density at radius 1 is 1.45 bits per heavy atom. The SMILES string of the molecule is O=C(O)NC[C@H]1CN(c2ccc(-c3nc(Cn4ccnc4)cs3)c(F)c2)C(=O)O1. The molecule has 1 aliphatic rings. The average molecular weight is 417 g/mol. The number of rotatable bonds is 6. The van der Waals surface area contributed by atoms with Crippen molar-refractivity contribution >= 4 is 29.2 Å². The van der Waals surface area contributed by atoms with E-state index in [1.54, 1.807) is 24.7 Å². The molecule has 0 spiro atoms. The molecule has 3 heterocycles. The Bertz CT molecular complexity index is 1040. The molecule has 1 aromatic carbocycles. The molecule has 2 N–H and O–H groups in total. The maximum absolute atomic E-state index is 14.7. The maximum atomic E-state index is 14.7. The molecule has 29 heavy (non-hydrogen) atoms. The van der Waals surface area contributed by atoms with Crippen molar-refractivity contribution in [1.82, 2.24) is 19.9 Å². The smallest absolute Gasteiger partial charge is 0.414 e. The van der Waals surface area contributed by atoms with Gasteiger partial charge in [0.15, 0.2) is 0 Å². The van der Waals surface area contributed by atoms with Crippen molar-refractivity contribution < 1.29 is 23.8 Å². The number of hydrogen-bond donors (Lipinski definition) is 2. The molecule has 3 aromatic rings. The summed E-state index contributed by atoms with van der Waals surface area (Å²) in [6, 6.07) is 4.44. The lowest BCUT2D eigenvalue weighted by atomic mass is 10.2. The number of carbonyl (C=O) groups is 2. The molecule has 1 aliphatic heterocycles. The number of amides is 2. The van der Waals surface area contributed by atoms with Gasteiger partial charge in [0.25, 0.3) is 0 Å². The fourth-order valence-electron chi connectivity index (χ4n) is 2.96. The van der Waals surface area contributed by atoms with Crippen LogP contribution in [0.25, 0.3) is 10.6 Å². The van der Waals surface area contributed by atoms with Gasteiger partial charge in [-0.3, -0.25) is 4.90 Å². The molecule has 4 rings (SSSR count). The minimum Gasteiger partial charge on any atom is -0.465 e. The van der Waals surface area contributed by atoms with E-state index in [0.29, 0.717) is 22.8 Å². The molecule has 1 fully saturated rings. The number of imidazole rings is 1. The minimum absolute atomic E-state index is 0.0308. The lowest BCUT2D eigenvalue weighted by Gasteiger charge is -2.14. The second-order valence-corrected chi connectivity index (χ2v) is 7.20. The van der Waals surface area contributed by atoms with E-state index in [2.05, 4.69) is 15.3 Å². The van der Waals surface area contributed by atoms with Crippen molar-refractivity contribution in [2.45, 2.75) is 12.6 Å². The van der Waals surface area contributed by atoms with Gasteiger partial charge in [0.05, 0.1) is 37.3 Å². The van der Waals surface area contributed by atoms with Gasteiger partial charge in [-0.05, 0) is 18.2 Å². The highest BCUT2D eigenvalue weighted by molar-refractivity contribution is 7.13. The topological polar surface area (TPSA) is 110 Å². The Hall–Kier alpha value is -3.47. The first-order chi connectivity index (χ1) is 14.0. The number of nitrogens with one attached hydrogen (secondary N) is 1. The molecule has 1 saturated heterocycles. The van der Waals surface area contributed by atoms with Crippen LogP contribution < -0.4 is 10.2 Å². The van der Waals surface area contributed by atoms with Gasteiger partial charge in [0.1, 0.15) is 16.9 Å². The summed E-state index contributed by atoms with van der Waals surface area (Å²) in [6.45, 7) is 0.642. The molecule has 0 saturated carbocycles. The third-order valence-corrected chi connectivity index (χ3v) is 5.23. The van der Waals surface area contributed by atoms with E-state index >= 15 is 0 Å². The van der Waals surface area contributed by atoms with Crippen molar-refractivity contribution in [3.05, 3.63) is 53.8 Å². The summed E-state index contributed by atoms with van der Waals surface area (Å²) in [5, 5.41) is 13.2. The van der Waals surface area contributed by atoms with Gasteiger partial charge in [-0.15, -0.1) is 11.3 Å². The number of carboxylic acid groups (broad SMARTS) is 1. The molecule has 0 unspecified atom stereocenters. The van der Waals surface area contributed by atoms with Crippen LogP contribution in [0.3, 0.4) is 0 Å². The van der Waals surface area contributed by atoms with Crippen molar-refractivity contribution in [3.63, 3.8) is 0 Å². The van der Waals surface area contributed by atoms with Crippen LogP contribution in [0.1, 0.15) is 5.69 Å². The van der Waals surface area contributed by atoms with Gasteiger partial charge in [-0.25, -0.2) is 23.9 Å². The minimum atomic E-state index is -1.20. The van der Waals surface area contributed by atoms with Crippen molar-refractivity contribution in [2.24, 2.45) is 0 Å². The van der Waals surface area contributed by atoms with Gasteiger partial charge in [0.2, 0.25) is 0 Å². The van der Waals surface area contributed by atoms with Gasteiger partial charge >= 0.3 is 12.2 Å². The molecule has 9 nitrogen and oxygen atoms in total. The number of carbonyl (C=O) groups excluding carboxylic acids is 1. The van der Waals surface area contributed by atoms with Crippen LogP contribution in [0, 0.1) is 5.82 Å². The quantitative estimate of drug-likeness (QED) is 0.638. The average Bonchev–Trinajstić information content (AvgIpc) is 3.42. The Labute approximate surface area is 168 Å². The second kappa shape index (κ2) is 7.87. The molecule has 0 aliphatic carbocycles. The van der Waals surface area contributed by atoms with E-state index in [-0.39, 0.29) is 13.1 Å². The standard InChI is InChI=1S/C18H16FN5O4S/c19-15-5-12(24-8-13(28-18(24)27)6-21-17(25)26)1-2-14(15)16-22-11(9-29-16)7-23-4-3-20-10-23/h1-5,9-10,13,21H,6-8H2,(H,25,26)/t13-/m0/s1. The number of ether oxygens (including phenoxy) is 1. The second-order valence-electron chi connectivity index (χ2n) is 6.35. The monoisotopic (exact) mass is 417 g/mol. The van der Waals surface area contributed by atoms with Crippen molar-refractivity contribution in [1.29, 1.82) is 0 Å². The number of thiazole rings is 1. The normalized spacial score (nSPS) is 16.1. The molecule has 11 heteroatoms. The van der Waals surface area contributed by atoms with Crippen LogP contribution >= 0.6 is 11.3 Å². The largest absolute Gasteiger partial charge is 0.465 e. The molecule has 2 aromatic heterocycles. The molecular weight excluding hydrogens is 401 g/mol. The number of benzene rings is 1. The van der Waals surface area contributed by atoms with E-state index in [9.17, 15) is 14.0 Å². The highest BCUT2D eigenvalue weighted by atomic mass is 32.1. The summed E-state index contributed by atoms with van der Waals surface area (Å²) >= 11 is 1.33. The van der Waals surface area contributed by atoms with Crippen LogP contribution in [-0.2, 0) is 11.3 Å². The van der Waals surface area contributed by atoms with Gasteiger partial charge in [-0.2, -0.15) is 0 Å². The number of halogens is 1. The van der Waals surface area contributed by atoms with Crippen molar-refractivity contribution in [2.75, 3.05) is 18.0 Å². The third-order valence-electron chi connectivity index (χ3n) is 4.31. The first-order valence-corrected chi connectivity index (χ1v) is 9.52. The molecule has 0 radical (unpaired) electrons. The Morgan fingerprint density at radius 3 is 3.03 bits per heavy atom. The predicted molar refractivity (Wildman–Crippen MR) is 102 cm³/mol. The summed E-state index contributed by atoms with van der Waals surface area (Å²) in [6.07, 6.45) is 2.70. The lowest BCUT2D eigenvalue weighted by Crippen LogP contribution is -2.33. The molecule has 1 atom stereocenters. The zero-order valence-corrected chi connectivity index (χ0v) is 15.8. The van der Waals surface area contributed by atoms with E-state index in [0.717, 1.165) is 5.69 Å². The molecular formula is C18H16FN5O4S. The summed E-state index contributed by atoms with van der Waals surface area (Å²) in [7, 11) is 0. The van der Waals surface area contributed by atoms with Gasteiger partial charge in [-0.1, -0.05) is 0 Å². The number of anilines is 1. The fourth-order valence-corrected chi connectivity index (χ4v) is 3.79. The maximum Gasteiger partial charge on any atom is 0.414 e. The third kappa shape index (κ3) is 4.19. The lowest BCUT2D eigenvalue weighted by molar-refractivity contribution is 0.136. The van der Waals surface area contributed by atoms with E-state index < -0.39 is 24.1 Å². The fraction of sp³-hybridized carbons (Fsp3) is 0.222. The highest BCUT2D eigenvalue weighted by Gasteiger charge is 2.33. The van der Waals surface area contributed by atoms with E-state index in [4.69, 9.17) is 9.84 Å². The number of aromatic nitrogens is 3. The summed E-state index contributed by atoms with van der Waals surface area (Å²) < 4.78 is 21.7. The summed E-state index contributed by atoms with van der Waals surface area (Å²) in [4.78, 5) is 32.3. The first kappa shape index (κ1) is 18.9. The van der Waals surface area contributed by atoms with Crippen molar-refractivity contribution in [3.8, 4) is 10.6 Å². The van der Waals surface area contributed by atoms with Crippen LogP contribution in [0.15, 0.2) is 42.3 Å². The number of cyclic esters (lactones) is 1. The molecule has 150 valence electrons.